The second kappa shape index (κ2) is 6.76. The third-order valence-corrected chi connectivity index (χ3v) is 3.99. The summed E-state index contributed by atoms with van der Waals surface area (Å²) in [4.78, 5) is 31.3. The molecule has 0 bridgehead atoms. The van der Waals surface area contributed by atoms with E-state index in [-0.39, 0.29) is 5.56 Å². The highest BCUT2D eigenvalue weighted by Crippen LogP contribution is 2.13. The molecule has 25 heavy (non-hydrogen) atoms. The van der Waals surface area contributed by atoms with Crippen LogP contribution < -0.4 is 11.4 Å². The maximum absolute atomic E-state index is 12.5. The molecule has 6 nitrogen and oxygen atoms in total. The van der Waals surface area contributed by atoms with Crippen LogP contribution in [0.2, 0.25) is 0 Å². The monoisotopic (exact) mass is 336 g/mol. The van der Waals surface area contributed by atoms with Gasteiger partial charge in [-0.3, -0.25) is 9.59 Å². The molecule has 1 heterocycles. The molecule has 1 aromatic heterocycles. The summed E-state index contributed by atoms with van der Waals surface area (Å²) in [5.74, 6) is -0.993. The van der Waals surface area contributed by atoms with E-state index in [0.29, 0.717) is 11.2 Å². The summed E-state index contributed by atoms with van der Waals surface area (Å²) >= 11 is 0. The molecule has 2 amide bonds. The summed E-state index contributed by atoms with van der Waals surface area (Å²) < 4.78 is 2.00. The lowest BCUT2D eigenvalue weighted by Gasteiger charge is -2.03. The first-order valence-corrected chi connectivity index (χ1v) is 8.17. The van der Waals surface area contributed by atoms with Crippen molar-refractivity contribution in [2.75, 3.05) is 0 Å². The van der Waals surface area contributed by atoms with Crippen LogP contribution in [0.15, 0.2) is 47.5 Å². The topological polar surface area (TPSA) is 93.2 Å². The number of primary amides is 1. The molecule has 2 aromatic carbocycles. The lowest BCUT2D eigenvalue weighted by atomic mass is 10.1. The Labute approximate surface area is 145 Å². The number of H-pyrrole nitrogens is 1. The minimum atomic E-state index is -0.572. The Morgan fingerprint density at radius 2 is 1.92 bits per heavy atom. The fourth-order valence-corrected chi connectivity index (χ4v) is 2.78. The summed E-state index contributed by atoms with van der Waals surface area (Å²) in [6.45, 7) is 4.85. The predicted molar refractivity (Wildman–Crippen MR) is 96.2 cm³/mol. The maximum atomic E-state index is 12.5. The number of hydrogen-bond donors (Lipinski definition) is 2. The fraction of sp³-hybridized carbons (Fsp3) is 0.211. The first kappa shape index (κ1) is 16.7. The lowest BCUT2D eigenvalue weighted by Crippen LogP contribution is -2.21. The maximum Gasteiger partial charge on any atom is 0.280 e. The van der Waals surface area contributed by atoms with Gasteiger partial charge in [-0.25, -0.2) is 0 Å². The minimum Gasteiger partial charge on any atom is -0.366 e. The van der Waals surface area contributed by atoms with Crippen LogP contribution in [0.4, 0.5) is 0 Å². The van der Waals surface area contributed by atoms with Gasteiger partial charge in [-0.15, -0.1) is 0 Å². The molecule has 0 fully saturated rings. The molecule has 0 saturated heterocycles. The van der Waals surface area contributed by atoms with E-state index in [0.717, 1.165) is 29.6 Å². The van der Waals surface area contributed by atoms with Gasteiger partial charge < -0.3 is 15.3 Å². The number of hydrogen-bond acceptors (Lipinski definition) is 2. The molecular formula is C19H20N4O2. The van der Waals surface area contributed by atoms with Gasteiger partial charge >= 0.3 is 0 Å². The molecule has 0 aliphatic carbocycles. The Hall–Kier alpha value is -3.15. The van der Waals surface area contributed by atoms with Crippen molar-refractivity contribution < 1.29 is 9.59 Å². The number of benzene rings is 2. The van der Waals surface area contributed by atoms with E-state index in [9.17, 15) is 9.59 Å². The van der Waals surface area contributed by atoms with E-state index in [4.69, 9.17) is 5.73 Å². The zero-order valence-corrected chi connectivity index (χ0v) is 14.2. The number of aromatic amines is 1. The van der Waals surface area contributed by atoms with E-state index in [1.165, 1.54) is 6.07 Å². The number of carbonyl (C=O) groups excluding carboxylic acids is 2. The highest BCUT2D eigenvalue weighted by Gasteiger charge is 2.10. The zero-order chi connectivity index (χ0) is 18.0. The first-order valence-electron chi connectivity index (χ1n) is 8.17. The Morgan fingerprint density at radius 1 is 1.16 bits per heavy atom. The van der Waals surface area contributed by atoms with Crippen LogP contribution in [-0.2, 0) is 6.54 Å². The number of nitrogens with one attached hydrogen (secondary N) is 1. The van der Waals surface area contributed by atoms with Gasteiger partial charge in [0.2, 0.25) is 11.5 Å². The highest BCUT2D eigenvalue weighted by molar-refractivity contribution is 5.99. The van der Waals surface area contributed by atoms with E-state index < -0.39 is 11.8 Å². The largest absolute Gasteiger partial charge is 0.366 e. The number of rotatable bonds is 4. The predicted octanol–water partition coefficient (Wildman–Crippen LogP) is 2.53. The summed E-state index contributed by atoms with van der Waals surface area (Å²) in [5.41, 5.74) is 9.47. The van der Waals surface area contributed by atoms with Gasteiger partial charge in [-0.1, -0.05) is 19.1 Å². The lowest BCUT2D eigenvalue weighted by molar-refractivity contribution is 0.0996. The molecule has 0 aliphatic rings. The third-order valence-electron chi connectivity index (χ3n) is 3.99. The van der Waals surface area contributed by atoms with Gasteiger partial charge in [0.25, 0.3) is 5.91 Å². The Balaban J connectivity index is 2.11. The number of aromatic nitrogens is 2. The number of carbonyl (C=O) groups is 2. The number of nitrogens with zero attached hydrogens (tertiary/aromatic N) is 2. The molecule has 3 rings (SSSR count). The van der Waals surface area contributed by atoms with Crippen LogP contribution in [0, 0.1) is 6.92 Å². The van der Waals surface area contributed by atoms with Gasteiger partial charge in [0.1, 0.15) is 0 Å². The van der Waals surface area contributed by atoms with E-state index in [2.05, 4.69) is 23.0 Å². The third kappa shape index (κ3) is 3.38. The number of nitrogens with two attached hydrogens (primary N) is 1. The van der Waals surface area contributed by atoms with Crippen molar-refractivity contribution in [3.8, 4) is 0 Å². The van der Waals surface area contributed by atoms with E-state index in [1.807, 2.05) is 23.6 Å². The molecule has 6 heteroatoms. The zero-order valence-electron chi connectivity index (χ0n) is 14.2. The molecule has 0 radical (unpaired) electrons. The van der Waals surface area contributed by atoms with Crippen LogP contribution in [0.1, 0.15) is 39.6 Å². The Kier molecular flexibility index (Phi) is 4.52. The normalized spacial score (nSPS) is 11.8. The second-order valence-electron chi connectivity index (χ2n) is 5.98. The molecular weight excluding hydrogens is 316 g/mol. The van der Waals surface area contributed by atoms with Gasteiger partial charge in [0, 0.05) is 17.7 Å². The Morgan fingerprint density at radius 3 is 2.64 bits per heavy atom. The van der Waals surface area contributed by atoms with E-state index in [1.54, 1.807) is 18.2 Å². The van der Waals surface area contributed by atoms with Crippen LogP contribution in [0.25, 0.3) is 11.0 Å². The molecule has 0 spiro atoms. The SMILES string of the molecule is CCCn1/c(=N/C(=O)c2cccc(C(N)=O)c2)[nH]c2ccc(C)cc21. The van der Waals surface area contributed by atoms with Crippen molar-refractivity contribution in [3.05, 3.63) is 64.8 Å². The number of aryl methyl sites for hydroxylation is 2. The molecule has 3 aromatic rings. The van der Waals surface area contributed by atoms with Crippen molar-refractivity contribution in [1.29, 1.82) is 0 Å². The second-order valence-corrected chi connectivity index (χ2v) is 5.98. The average molecular weight is 336 g/mol. The van der Waals surface area contributed by atoms with Crippen LogP contribution >= 0.6 is 0 Å². The van der Waals surface area contributed by atoms with Crippen molar-refractivity contribution in [3.63, 3.8) is 0 Å². The molecule has 0 atom stereocenters. The van der Waals surface area contributed by atoms with Crippen molar-refractivity contribution in [2.24, 2.45) is 10.7 Å². The summed E-state index contributed by atoms with van der Waals surface area (Å²) in [6, 6.07) is 12.3. The summed E-state index contributed by atoms with van der Waals surface area (Å²) in [6.07, 6.45) is 0.916. The smallest absolute Gasteiger partial charge is 0.280 e. The summed E-state index contributed by atoms with van der Waals surface area (Å²) in [7, 11) is 0. The molecule has 128 valence electrons. The van der Waals surface area contributed by atoms with Crippen molar-refractivity contribution in [2.45, 2.75) is 26.8 Å². The van der Waals surface area contributed by atoms with Crippen LogP contribution in [0.3, 0.4) is 0 Å². The van der Waals surface area contributed by atoms with Crippen LogP contribution in [-0.4, -0.2) is 21.4 Å². The van der Waals surface area contributed by atoms with E-state index >= 15 is 0 Å². The quantitative estimate of drug-likeness (QED) is 0.766. The summed E-state index contributed by atoms with van der Waals surface area (Å²) in [5, 5.41) is 0. The molecule has 0 unspecified atom stereocenters. The average Bonchev–Trinajstić information content (AvgIpc) is 2.92. The highest BCUT2D eigenvalue weighted by atomic mass is 16.1. The minimum absolute atomic E-state index is 0.287. The van der Waals surface area contributed by atoms with Gasteiger partial charge in [-0.05, 0) is 49.2 Å². The first-order chi connectivity index (χ1) is 12.0. The number of amides is 2. The fourth-order valence-electron chi connectivity index (χ4n) is 2.78. The van der Waals surface area contributed by atoms with Gasteiger partial charge in [-0.2, -0.15) is 4.99 Å². The Bertz CT molecular complexity index is 1030. The standard InChI is InChI=1S/C19H20N4O2/c1-3-9-23-16-10-12(2)7-8-15(16)21-19(23)22-18(25)14-6-4-5-13(11-14)17(20)24/h4-8,10-11H,3,9H2,1-2H3,(H2,20,24)(H,21,22,25). The molecule has 3 N–H and O–H groups in total. The van der Waals surface area contributed by atoms with Crippen molar-refractivity contribution >= 4 is 22.8 Å². The molecule has 0 saturated carbocycles. The molecule has 0 aliphatic heterocycles. The van der Waals surface area contributed by atoms with Gasteiger partial charge in [0.15, 0.2) is 0 Å². The van der Waals surface area contributed by atoms with Crippen LogP contribution in [0.5, 0.6) is 0 Å². The number of fused-ring (bicyclic) bond motifs is 1. The van der Waals surface area contributed by atoms with Gasteiger partial charge in [0.05, 0.1) is 11.0 Å². The van der Waals surface area contributed by atoms with Crippen molar-refractivity contribution in [1.82, 2.24) is 9.55 Å². The number of imidazole rings is 1.